The van der Waals surface area contributed by atoms with Crippen molar-refractivity contribution in [1.82, 2.24) is 0 Å². The van der Waals surface area contributed by atoms with Gasteiger partial charge in [0.05, 0.1) is 16.3 Å². The highest BCUT2D eigenvalue weighted by Crippen LogP contribution is 2.35. The van der Waals surface area contributed by atoms with E-state index in [-0.39, 0.29) is 16.3 Å². The molecule has 0 atom stereocenters. The lowest BCUT2D eigenvalue weighted by Crippen LogP contribution is -1.96. The standard InChI is InChI=1S/C11H6Cl2O3/c12-8-3-1-2-6(9(8)13)10-7(11(14)15)4-5-16-10/h1-5H,(H,14,15). The molecule has 0 fully saturated rings. The molecule has 1 heterocycles. The Balaban J connectivity index is 2.63. The van der Waals surface area contributed by atoms with Gasteiger partial charge in [0.15, 0.2) is 0 Å². The molecule has 0 saturated carbocycles. The molecule has 0 aliphatic rings. The smallest absolute Gasteiger partial charge is 0.339 e. The van der Waals surface area contributed by atoms with E-state index in [0.717, 1.165) is 0 Å². The molecule has 82 valence electrons. The van der Waals surface area contributed by atoms with Crippen LogP contribution in [0, 0.1) is 0 Å². The topological polar surface area (TPSA) is 50.4 Å². The summed E-state index contributed by atoms with van der Waals surface area (Å²) in [6, 6.07) is 6.32. The van der Waals surface area contributed by atoms with Crippen molar-refractivity contribution in [2.75, 3.05) is 0 Å². The van der Waals surface area contributed by atoms with Gasteiger partial charge in [-0.05, 0) is 18.2 Å². The van der Waals surface area contributed by atoms with E-state index in [0.29, 0.717) is 10.6 Å². The minimum Gasteiger partial charge on any atom is -0.478 e. The summed E-state index contributed by atoms with van der Waals surface area (Å²) in [7, 11) is 0. The fraction of sp³-hybridized carbons (Fsp3) is 0. The first-order valence-electron chi connectivity index (χ1n) is 4.36. The van der Waals surface area contributed by atoms with E-state index >= 15 is 0 Å². The summed E-state index contributed by atoms with van der Waals surface area (Å²) >= 11 is 11.8. The molecule has 5 heteroatoms. The third kappa shape index (κ3) is 1.79. The molecule has 0 unspecified atom stereocenters. The molecule has 2 aromatic rings. The van der Waals surface area contributed by atoms with E-state index in [2.05, 4.69) is 0 Å². The molecular formula is C11H6Cl2O3. The summed E-state index contributed by atoms with van der Waals surface area (Å²) in [5.74, 6) is -0.861. The van der Waals surface area contributed by atoms with E-state index in [1.54, 1.807) is 18.2 Å². The number of halogens is 2. The largest absolute Gasteiger partial charge is 0.478 e. The highest BCUT2D eigenvalue weighted by atomic mass is 35.5. The predicted molar refractivity (Wildman–Crippen MR) is 61.1 cm³/mol. The molecule has 0 radical (unpaired) electrons. The predicted octanol–water partition coefficient (Wildman–Crippen LogP) is 3.95. The van der Waals surface area contributed by atoms with Gasteiger partial charge in [-0.15, -0.1) is 0 Å². The number of aromatic carboxylic acids is 1. The highest BCUT2D eigenvalue weighted by molar-refractivity contribution is 6.43. The number of furan rings is 1. The number of hydrogen-bond donors (Lipinski definition) is 1. The van der Waals surface area contributed by atoms with Gasteiger partial charge in [0.25, 0.3) is 0 Å². The van der Waals surface area contributed by atoms with Crippen LogP contribution in [0.25, 0.3) is 11.3 Å². The maximum atomic E-state index is 10.9. The van der Waals surface area contributed by atoms with Crippen molar-refractivity contribution in [3.63, 3.8) is 0 Å². The summed E-state index contributed by atoms with van der Waals surface area (Å²) < 4.78 is 5.12. The fourth-order valence-corrected chi connectivity index (χ4v) is 1.75. The zero-order chi connectivity index (χ0) is 11.7. The molecule has 2 rings (SSSR count). The molecule has 1 aromatic heterocycles. The second-order valence-electron chi connectivity index (χ2n) is 3.07. The van der Waals surface area contributed by atoms with E-state index in [1.807, 2.05) is 0 Å². The van der Waals surface area contributed by atoms with Gasteiger partial charge in [-0.25, -0.2) is 4.79 Å². The Morgan fingerprint density at radius 2 is 2.00 bits per heavy atom. The molecule has 0 spiro atoms. The summed E-state index contributed by atoms with van der Waals surface area (Å²) in [6.07, 6.45) is 1.30. The SMILES string of the molecule is O=C(O)c1ccoc1-c1cccc(Cl)c1Cl. The van der Waals surface area contributed by atoms with Crippen LogP contribution in [0.2, 0.25) is 10.0 Å². The van der Waals surface area contributed by atoms with Crippen molar-refractivity contribution in [1.29, 1.82) is 0 Å². The molecule has 1 N–H and O–H groups in total. The number of benzene rings is 1. The first-order chi connectivity index (χ1) is 7.61. The lowest BCUT2D eigenvalue weighted by molar-refractivity contribution is 0.0697. The van der Waals surface area contributed by atoms with Crippen LogP contribution in [0.3, 0.4) is 0 Å². The van der Waals surface area contributed by atoms with Crippen LogP contribution in [0.5, 0.6) is 0 Å². The lowest BCUT2D eigenvalue weighted by Gasteiger charge is -2.03. The second-order valence-corrected chi connectivity index (χ2v) is 3.86. The summed E-state index contributed by atoms with van der Waals surface area (Å²) in [4.78, 5) is 10.9. The lowest BCUT2D eigenvalue weighted by atomic mass is 10.1. The highest BCUT2D eigenvalue weighted by Gasteiger charge is 2.18. The van der Waals surface area contributed by atoms with Crippen molar-refractivity contribution < 1.29 is 14.3 Å². The third-order valence-corrected chi connectivity index (χ3v) is 2.91. The Morgan fingerprint density at radius 3 is 2.69 bits per heavy atom. The average molecular weight is 257 g/mol. The van der Waals surface area contributed by atoms with Crippen molar-refractivity contribution in [2.24, 2.45) is 0 Å². The van der Waals surface area contributed by atoms with Gasteiger partial charge in [0, 0.05) is 5.56 Å². The molecule has 0 bridgehead atoms. The van der Waals surface area contributed by atoms with Crippen molar-refractivity contribution in [2.45, 2.75) is 0 Å². The summed E-state index contributed by atoms with van der Waals surface area (Å²) in [5.41, 5.74) is 0.528. The molecule has 0 amide bonds. The molecule has 0 aliphatic heterocycles. The number of rotatable bonds is 2. The zero-order valence-corrected chi connectivity index (χ0v) is 9.42. The van der Waals surface area contributed by atoms with Crippen molar-refractivity contribution in [3.05, 3.63) is 46.1 Å². The average Bonchev–Trinajstić information content (AvgIpc) is 2.70. The molecule has 3 nitrogen and oxygen atoms in total. The number of carboxylic acid groups (broad SMARTS) is 1. The quantitative estimate of drug-likeness (QED) is 0.885. The van der Waals surface area contributed by atoms with Crippen LogP contribution < -0.4 is 0 Å². The van der Waals surface area contributed by atoms with Gasteiger partial charge >= 0.3 is 5.97 Å². The Kier molecular flexibility index (Phi) is 2.90. The van der Waals surface area contributed by atoms with E-state index in [9.17, 15) is 4.79 Å². The molecule has 1 aromatic carbocycles. The second kappa shape index (κ2) is 4.20. The van der Waals surface area contributed by atoms with Gasteiger partial charge in [-0.3, -0.25) is 0 Å². The van der Waals surface area contributed by atoms with Crippen LogP contribution in [0.15, 0.2) is 34.9 Å². The summed E-state index contributed by atoms with van der Waals surface area (Å²) in [6.45, 7) is 0. The Labute approximate surface area is 101 Å². The maximum Gasteiger partial charge on any atom is 0.339 e. The fourth-order valence-electron chi connectivity index (χ4n) is 1.37. The minimum atomic E-state index is -1.07. The van der Waals surface area contributed by atoms with Gasteiger partial charge in [0.1, 0.15) is 11.3 Å². The number of hydrogen-bond acceptors (Lipinski definition) is 2. The first kappa shape index (κ1) is 11.0. The summed E-state index contributed by atoms with van der Waals surface area (Å²) in [5, 5.41) is 9.57. The van der Waals surface area contributed by atoms with Crippen molar-refractivity contribution >= 4 is 29.2 Å². The van der Waals surface area contributed by atoms with Crippen LogP contribution >= 0.6 is 23.2 Å². The van der Waals surface area contributed by atoms with Crippen LogP contribution in [0.1, 0.15) is 10.4 Å². The Morgan fingerprint density at radius 1 is 1.25 bits per heavy atom. The number of carbonyl (C=O) groups is 1. The van der Waals surface area contributed by atoms with Crippen LogP contribution in [-0.2, 0) is 0 Å². The van der Waals surface area contributed by atoms with Gasteiger partial charge in [-0.1, -0.05) is 29.3 Å². The van der Waals surface area contributed by atoms with E-state index in [4.69, 9.17) is 32.7 Å². The van der Waals surface area contributed by atoms with Gasteiger partial charge in [0.2, 0.25) is 0 Å². The molecular weight excluding hydrogens is 251 g/mol. The van der Waals surface area contributed by atoms with Gasteiger partial charge < -0.3 is 9.52 Å². The molecule has 0 aliphatic carbocycles. The first-order valence-corrected chi connectivity index (χ1v) is 5.12. The van der Waals surface area contributed by atoms with Gasteiger partial charge in [-0.2, -0.15) is 0 Å². The normalized spacial score (nSPS) is 10.4. The van der Waals surface area contributed by atoms with Crippen LogP contribution in [0.4, 0.5) is 0 Å². The van der Waals surface area contributed by atoms with E-state index in [1.165, 1.54) is 12.3 Å². The van der Waals surface area contributed by atoms with E-state index < -0.39 is 5.97 Å². The monoisotopic (exact) mass is 256 g/mol. The van der Waals surface area contributed by atoms with Crippen LogP contribution in [-0.4, -0.2) is 11.1 Å². The van der Waals surface area contributed by atoms with Crippen molar-refractivity contribution in [3.8, 4) is 11.3 Å². The Bertz CT molecular complexity index is 546. The number of carboxylic acids is 1. The molecule has 16 heavy (non-hydrogen) atoms. The third-order valence-electron chi connectivity index (χ3n) is 2.09. The zero-order valence-electron chi connectivity index (χ0n) is 7.91. The molecule has 0 saturated heterocycles. The Hall–Kier alpha value is -1.45. The maximum absolute atomic E-state index is 10.9. The minimum absolute atomic E-state index is 0.0594.